The van der Waals surface area contributed by atoms with Gasteiger partial charge in [-0.15, -0.1) is 11.3 Å². The normalized spacial score (nSPS) is 19.2. The summed E-state index contributed by atoms with van der Waals surface area (Å²) in [6.45, 7) is 5.55. The van der Waals surface area contributed by atoms with Crippen LogP contribution in [0, 0.1) is 0 Å². The Labute approximate surface area is 119 Å². The van der Waals surface area contributed by atoms with E-state index in [2.05, 4.69) is 24.8 Å². The van der Waals surface area contributed by atoms with Gasteiger partial charge in [-0.2, -0.15) is 0 Å². The molecule has 0 aromatic carbocycles. The summed E-state index contributed by atoms with van der Waals surface area (Å²) >= 11 is 7.77. The summed E-state index contributed by atoms with van der Waals surface area (Å²) in [6.07, 6.45) is 4.84. The minimum Gasteiger partial charge on any atom is -0.326 e. The second-order valence-electron chi connectivity index (χ2n) is 5.13. The van der Waals surface area contributed by atoms with E-state index in [-0.39, 0.29) is 6.04 Å². The van der Waals surface area contributed by atoms with Crippen molar-refractivity contribution >= 4 is 22.9 Å². The molecule has 0 saturated heterocycles. The lowest BCUT2D eigenvalue weighted by Gasteiger charge is -2.34. The Balaban J connectivity index is 2.22. The van der Waals surface area contributed by atoms with Crippen LogP contribution in [0.25, 0.3) is 0 Å². The molecular formula is C14H23ClN2S. The molecule has 2 unspecified atom stereocenters. The first-order chi connectivity index (χ1) is 8.67. The van der Waals surface area contributed by atoms with Crippen molar-refractivity contribution in [2.75, 3.05) is 6.54 Å². The van der Waals surface area contributed by atoms with Gasteiger partial charge in [0.2, 0.25) is 0 Å². The third-order valence-corrected chi connectivity index (χ3v) is 4.92. The number of nitrogens with two attached hydrogens (primary N) is 1. The highest BCUT2D eigenvalue weighted by Gasteiger charge is 2.36. The predicted octanol–water partition coefficient (Wildman–Crippen LogP) is 4.05. The Kier molecular flexibility index (Phi) is 5.07. The largest absolute Gasteiger partial charge is 0.326 e. The van der Waals surface area contributed by atoms with Crippen LogP contribution in [-0.2, 0) is 0 Å². The van der Waals surface area contributed by atoms with Crippen molar-refractivity contribution in [2.24, 2.45) is 5.73 Å². The van der Waals surface area contributed by atoms with Crippen LogP contribution in [-0.4, -0.2) is 23.5 Å². The average molecular weight is 287 g/mol. The van der Waals surface area contributed by atoms with Gasteiger partial charge in [0.15, 0.2) is 0 Å². The first-order valence-electron chi connectivity index (χ1n) is 6.93. The van der Waals surface area contributed by atoms with E-state index >= 15 is 0 Å². The first kappa shape index (κ1) is 14.3. The Morgan fingerprint density at radius 2 is 2.17 bits per heavy atom. The van der Waals surface area contributed by atoms with Crippen LogP contribution in [0.1, 0.15) is 50.4 Å². The molecule has 102 valence electrons. The van der Waals surface area contributed by atoms with Gasteiger partial charge < -0.3 is 5.73 Å². The molecule has 2 atom stereocenters. The smallest absolute Gasteiger partial charge is 0.0931 e. The molecular weight excluding hydrogens is 264 g/mol. The molecule has 1 aliphatic carbocycles. The van der Waals surface area contributed by atoms with Crippen molar-refractivity contribution in [3.8, 4) is 0 Å². The van der Waals surface area contributed by atoms with Crippen molar-refractivity contribution in [3.05, 3.63) is 21.3 Å². The summed E-state index contributed by atoms with van der Waals surface area (Å²) < 4.78 is 0.866. The molecule has 2 N–H and O–H groups in total. The fraction of sp³-hybridized carbons (Fsp3) is 0.714. The summed E-state index contributed by atoms with van der Waals surface area (Å²) in [5.41, 5.74) is 6.38. The van der Waals surface area contributed by atoms with Gasteiger partial charge >= 0.3 is 0 Å². The highest BCUT2D eigenvalue weighted by molar-refractivity contribution is 7.16. The number of hydrogen-bond acceptors (Lipinski definition) is 3. The van der Waals surface area contributed by atoms with Crippen LogP contribution in [0.5, 0.6) is 0 Å². The lowest BCUT2D eigenvalue weighted by molar-refractivity contribution is 0.162. The van der Waals surface area contributed by atoms with Crippen LogP contribution in [0.3, 0.4) is 0 Å². The number of nitrogens with zero attached hydrogens (tertiary/aromatic N) is 1. The molecule has 1 aromatic rings. The molecule has 18 heavy (non-hydrogen) atoms. The highest BCUT2D eigenvalue weighted by Crippen LogP contribution is 2.39. The number of hydrogen-bond donors (Lipinski definition) is 1. The summed E-state index contributed by atoms with van der Waals surface area (Å²) in [5.74, 6) is 0. The summed E-state index contributed by atoms with van der Waals surface area (Å²) in [7, 11) is 0. The van der Waals surface area contributed by atoms with Crippen molar-refractivity contribution in [2.45, 2.75) is 57.7 Å². The number of halogens is 1. The second kappa shape index (κ2) is 6.38. The average Bonchev–Trinajstić information content (AvgIpc) is 3.12. The van der Waals surface area contributed by atoms with Crippen LogP contribution >= 0.6 is 22.9 Å². The standard InChI is InChI=1S/C14H23ClN2S/c1-3-9-17(10-5-6-10)14(11(16)4-2)12-7-8-13(15)18-12/h7-8,10-11,14H,3-6,9,16H2,1-2H3. The monoisotopic (exact) mass is 286 g/mol. The van der Waals surface area contributed by atoms with E-state index in [4.69, 9.17) is 17.3 Å². The maximum Gasteiger partial charge on any atom is 0.0931 e. The Hall–Kier alpha value is -0.0900. The zero-order valence-electron chi connectivity index (χ0n) is 11.2. The van der Waals surface area contributed by atoms with Crippen LogP contribution < -0.4 is 5.73 Å². The third kappa shape index (κ3) is 3.27. The van der Waals surface area contributed by atoms with Crippen molar-refractivity contribution in [1.82, 2.24) is 4.90 Å². The van der Waals surface area contributed by atoms with Gasteiger partial charge in [-0.05, 0) is 44.4 Å². The van der Waals surface area contributed by atoms with Gasteiger partial charge in [0.05, 0.1) is 10.4 Å². The van der Waals surface area contributed by atoms with E-state index in [1.54, 1.807) is 11.3 Å². The van der Waals surface area contributed by atoms with E-state index in [1.807, 2.05) is 6.07 Å². The summed E-state index contributed by atoms with van der Waals surface area (Å²) in [5, 5.41) is 0. The predicted molar refractivity (Wildman–Crippen MR) is 80.4 cm³/mol. The molecule has 4 heteroatoms. The zero-order chi connectivity index (χ0) is 13.1. The Morgan fingerprint density at radius 1 is 1.44 bits per heavy atom. The lowest BCUT2D eigenvalue weighted by atomic mass is 10.0. The van der Waals surface area contributed by atoms with Gasteiger partial charge in [-0.25, -0.2) is 0 Å². The molecule has 0 radical (unpaired) electrons. The quantitative estimate of drug-likeness (QED) is 0.819. The second-order valence-corrected chi connectivity index (χ2v) is 6.87. The molecule has 0 bridgehead atoms. The van der Waals surface area contributed by atoms with Crippen molar-refractivity contribution < 1.29 is 0 Å². The minimum absolute atomic E-state index is 0.201. The topological polar surface area (TPSA) is 29.3 Å². The fourth-order valence-electron chi connectivity index (χ4n) is 2.54. The molecule has 1 fully saturated rings. The van der Waals surface area contributed by atoms with Gasteiger partial charge in [-0.3, -0.25) is 4.90 Å². The number of thiophene rings is 1. The van der Waals surface area contributed by atoms with Gasteiger partial charge in [0, 0.05) is 17.0 Å². The molecule has 1 heterocycles. The minimum atomic E-state index is 0.201. The SMILES string of the molecule is CCCN(C1CC1)C(c1ccc(Cl)s1)C(N)CC. The molecule has 1 saturated carbocycles. The Bertz CT molecular complexity index is 376. The zero-order valence-corrected chi connectivity index (χ0v) is 12.8. The van der Waals surface area contributed by atoms with Crippen molar-refractivity contribution in [3.63, 3.8) is 0 Å². The van der Waals surface area contributed by atoms with Crippen LogP contribution in [0.2, 0.25) is 4.34 Å². The van der Waals surface area contributed by atoms with Gasteiger partial charge in [0.25, 0.3) is 0 Å². The van der Waals surface area contributed by atoms with E-state index in [9.17, 15) is 0 Å². The van der Waals surface area contributed by atoms with Gasteiger partial charge in [-0.1, -0.05) is 25.4 Å². The van der Waals surface area contributed by atoms with E-state index in [0.29, 0.717) is 6.04 Å². The summed E-state index contributed by atoms with van der Waals surface area (Å²) in [6, 6.07) is 5.44. The molecule has 1 aliphatic rings. The maximum atomic E-state index is 6.38. The van der Waals surface area contributed by atoms with Crippen LogP contribution in [0.15, 0.2) is 12.1 Å². The Morgan fingerprint density at radius 3 is 2.61 bits per heavy atom. The molecule has 1 aromatic heterocycles. The lowest BCUT2D eigenvalue weighted by Crippen LogP contribution is -2.42. The number of rotatable bonds is 7. The molecule has 2 nitrogen and oxygen atoms in total. The third-order valence-electron chi connectivity index (χ3n) is 3.62. The van der Waals surface area contributed by atoms with E-state index < -0.39 is 0 Å². The molecule has 2 rings (SSSR count). The van der Waals surface area contributed by atoms with E-state index in [0.717, 1.165) is 23.3 Å². The highest BCUT2D eigenvalue weighted by atomic mass is 35.5. The van der Waals surface area contributed by atoms with E-state index in [1.165, 1.54) is 24.1 Å². The fourth-order valence-corrected chi connectivity index (χ4v) is 3.80. The van der Waals surface area contributed by atoms with Gasteiger partial charge in [0.1, 0.15) is 0 Å². The summed E-state index contributed by atoms with van der Waals surface area (Å²) in [4.78, 5) is 3.94. The first-order valence-corrected chi connectivity index (χ1v) is 8.13. The van der Waals surface area contributed by atoms with Crippen LogP contribution in [0.4, 0.5) is 0 Å². The van der Waals surface area contributed by atoms with Crippen molar-refractivity contribution in [1.29, 1.82) is 0 Å². The molecule has 0 amide bonds. The molecule has 0 aliphatic heterocycles. The molecule has 0 spiro atoms. The maximum absolute atomic E-state index is 6.38.